The van der Waals surface area contributed by atoms with Crippen molar-refractivity contribution < 1.29 is 14.3 Å². The topological polar surface area (TPSA) is 93.5 Å². The first-order valence-electron chi connectivity index (χ1n) is 6.43. The molecule has 110 valence electrons. The van der Waals surface area contributed by atoms with E-state index in [1.165, 1.54) is 7.11 Å². The highest BCUT2D eigenvalue weighted by atomic mass is 16.5. The molecule has 0 saturated carbocycles. The molecule has 0 saturated heterocycles. The van der Waals surface area contributed by atoms with Gasteiger partial charge < -0.3 is 21.1 Å². The van der Waals surface area contributed by atoms with Gasteiger partial charge >= 0.3 is 0 Å². The lowest BCUT2D eigenvalue weighted by molar-refractivity contribution is -0.116. The van der Waals surface area contributed by atoms with Gasteiger partial charge in [-0.05, 0) is 31.5 Å². The van der Waals surface area contributed by atoms with Crippen LogP contribution < -0.4 is 21.1 Å². The van der Waals surface area contributed by atoms with Crippen molar-refractivity contribution in [2.24, 2.45) is 5.73 Å². The Hall–Kier alpha value is -2.08. The summed E-state index contributed by atoms with van der Waals surface area (Å²) in [5.74, 6) is 0.125. The molecule has 6 heteroatoms. The van der Waals surface area contributed by atoms with Crippen molar-refractivity contribution in [3.8, 4) is 5.75 Å². The standard InChI is InChI=1S/C14H21N3O3/c1-9(15)4-7-13(18)17-11-8-10(14(19)16-2)5-6-12(11)20-3/h5-6,8-9H,4,7,15H2,1-3H3,(H,16,19)(H,17,18). The normalized spacial score (nSPS) is 11.6. The molecule has 1 atom stereocenters. The van der Waals surface area contributed by atoms with Crippen LogP contribution in [0.4, 0.5) is 5.69 Å². The van der Waals surface area contributed by atoms with Crippen LogP contribution in [-0.2, 0) is 4.79 Å². The second-order valence-corrected chi connectivity index (χ2v) is 4.56. The van der Waals surface area contributed by atoms with Gasteiger partial charge in [0, 0.05) is 25.1 Å². The number of hydrogen-bond donors (Lipinski definition) is 3. The predicted molar refractivity (Wildman–Crippen MR) is 77.9 cm³/mol. The highest BCUT2D eigenvalue weighted by Crippen LogP contribution is 2.25. The number of amides is 2. The van der Waals surface area contributed by atoms with Crippen LogP contribution in [0, 0.1) is 0 Å². The van der Waals surface area contributed by atoms with Crippen LogP contribution in [0.3, 0.4) is 0 Å². The molecular formula is C14H21N3O3. The number of methoxy groups -OCH3 is 1. The molecule has 0 aromatic heterocycles. The van der Waals surface area contributed by atoms with E-state index in [1.807, 2.05) is 6.92 Å². The number of nitrogens with two attached hydrogens (primary N) is 1. The van der Waals surface area contributed by atoms with Crippen molar-refractivity contribution in [2.75, 3.05) is 19.5 Å². The molecule has 20 heavy (non-hydrogen) atoms. The SMILES string of the molecule is CNC(=O)c1ccc(OC)c(NC(=O)CCC(C)N)c1. The molecule has 0 aliphatic carbocycles. The van der Waals surface area contributed by atoms with Crippen LogP contribution in [0.25, 0.3) is 0 Å². The van der Waals surface area contributed by atoms with E-state index in [-0.39, 0.29) is 17.9 Å². The summed E-state index contributed by atoms with van der Waals surface area (Å²) < 4.78 is 5.17. The smallest absolute Gasteiger partial charge is 0.251 e. The van der Waals surface area contributed by atoms with Crippen molar-refractivity contribution in [2.45, 2.75) is 25.8 Å². The van der Waals surface area contributed by atoms with E-state index >= 15 is 0 Å². The molecule has 6 nitrogen and oxygen atoms in total. The number of benzene rings is 1. The Morgan fingerprint density at radius 3 is 2.65 bits per heavy atom. The fourth-order valence-electron chi connectivity index (χ4n) is 1.66. The molecule has 1 aromatic rings. The van der Waals surface area contributed by atoms with Gasteiger partial charge in [-0.25, -0.2) is 0 Å². The van der Waals surface area contributed by atoms with Crippen molar-refractivity contribution in [1.29, 1.82) is 0 Å². The second-order valence-electron chi connectivity index (χ2n) is 4.56. The lowest BCUT2D eigenvalue weighted by Gasteiger charge is -2.12. The summed E-state index contributed by atoms with van der Waals surface area (Å²) in [5, 5.41) is 5.27. The zero-order valence-corrected chi connectivity index (χ0v) is 12.0. The Bertz CT molecular complexity index is 487. The molecule has 0 heterocycles. The molecule has 4 N–H and O–H groups in total. The fourth-order valence-corrected chi connectivity index (χ4v) is 1.66. The van der Waals surface area contributed by atoms with Gasteiger partial charge in [-0.1, -0.05) is 0 Å². The first-order chi connectivity index (χ1) is 9.47. The average Bonchev–Trinajstić information content (AvgIpc) is 2.44. The van der Waals surface area contributed by atoms with Gasteiger partial charge in [0.05, 0.1) is 12.8 Å². The van der Waals surface area contributed by atoms with Crippen molar-refractivity contribution in [1.82, 2.24) is 5.32 Å². The third-order valence-electron chi connectivity index (χ3n) is 2.79. The Morgan fingerprint density at radius 1 is 1.40 bits per heavy atom. The lowest BCUT2D eigenvalue weighted by atomic mass is 10.1. The fraction of sp³-hybridized carbons (Fsp3) is 0.429. The number of carbonyl (C=O) groups is 2. The minimum atomic E-state index is -0.223. The zero-order chi connectivity index (χ0) is 15.1. The van der Waals surface area contributed by atoms with E-state index < -0.39 is 0 Å². The van der Waals surface area contributed by atoms with Crippen molar-refractivity contribution in [3.63, 3.8) is 0 Å². The Morgan fingerprint density at radius 2 is 2.10 bits per heavy atom. The van der Waals surface area contributed by atoms with Crippen LogP contribution in [0.15, 0.2) is 18.2 Å². The minimum absolute atomic E-state index is 0.0279. The first-order valence-corrected chi connectivity index (χ1v) is 6.43. The quantitative estimate of drug-likeness (QED) is 0.727. The number of anilines is 1. The number of nitrogens with one attached hydrogen (secondary N) is 2. The van der Waals surface area contributed by atoms with E-state index in [0.29, 0.717) is 29.8 Å². The first kappa shape index (κ1) is 16.0. The van der Waals surface area contributed by atoms with E-state index in [2.05, 4.69) is 10.6 Å². The van der Waals surface area contributed by atoms with Gasteiger partial charge in [-0.3, -0.25) is 9.59 Å². The number of hydrogen-bond acceptors (Lipinski definition) is 4. The molecule has 0 radical (unpaired) electrons. The summed E-state index contributed by atoms with van der Waals surface area (Å²) in [6.45, 7) is 1.85. The summed E-state index contributed by atoms with van der Waals surface area (Å²) in [6.07, 6.45) is 0.925. The Labute approximate surface area is 118 Å². The van der Waals surface area contributed by atoms with Gasteiger partial charge in [0.15, 0.2) is 0 Å². The number of rotatable bonds is 6. The van der Waals surface area contributed by atoms with Gasteiger partial charge in [0.25, 0.3) is 5.91 Å². The van der Waals surface area contributed by atoms with Crippen LogP contribution in [0.2, 0.25) is 0 Å². The summed E-state index contributed by atoms with van der Waals surface area (Å²) in [6, 6.07) is 4.84. The van der Waals surface area contributed by atoms with E-state index in [9.17, 15) is 9.59 Å². The Kier molecular flexibility index (Phi) is 5.99. The molecule has 0 bridgehead atoms. The van der Waals surface area contributed by atoms with Gasteiger partial charge in [-0.15, -0.1) is 0 Å². The van der Waals surface area contributed by atoms with Gasteiger partial charge in [0.2, 0.25) is 5.91 Å². The zero-order valence-electron chi connectivity index (χ0n) is 12.0. The molecule has 1 aromatic carbocycles. The average molecular weight is 279 g/mol. The third-order valence-corrected chi connectivity index (χ3v) is 2.79. The molecular weight excluding hydrogens is 258 g/mol. The lowest BCUT2D eigenvalue weighted by Crippen LogP contribution is -2.20. The summed E-state index contributed by atoms with van der Waals surface area (Å²) in [4.78, 5) is 23.4. The summed E-state index contributed by atoms with van der Waals surface area (Å²) in [7, 11) is 3.06. The number of ether oxygens (including phenoxy) is 1. The monoisotopic (exact) mass is 279 g/mol. The third kappa shape index (κ3) is 4.55. The van der Waals surface area contributed by atoms with E-state index in [1.54, 1.807) is 25.2 Å². The van der Waals surface area contributed by atoms with Crippen molar-refractivity contribution >= 4 is 17.5 Å². The molecule has 0 aliphatic heterocycles. The van der Waals surface area contributed by atoms with Crippen LogP contribution in [0.1, 0.15) is 30.1 Å². The maximum absolute atomic E-state index is 11.8. The molecule has 0 aliphatic rings. The second kappa shape index (κ2) is 7.49. The highest BCUT2D eigenvalue weighted by molar-refractivity contribution is 5.98. The summed E-state index contributed by atoms with van der Waals surface area (Å²) >= 11 is 0. The van der Waals surface area contributed by atoms with E-state index in [0.717, 1.165) is 0 Å². The highest BCUT2D eigenvalue weighted by Gasteiger charge is 2.12. The van der Waals surface area contributed by atoms with Crippen LogP contribution >= 0.6 is 0 Å². The molecule has 0 fully saturated rings. The number of carbonyl (C=O) groups excluding carboxylic acids is 2. The van der Waals surface area contributed by atoms with Crippen LogP contribution in [0.5, 0.6) is 5.75 Å². The Balaban J connectivity index is 2.85. The van der Waals surface area contributed by atoms with Crippen LogP contribution in [-0.4, -0.2) is 32.0 Å². The molecule has 2 amide bonds. The maximum atomic E-state index is 11.8. The van der Waals surface area contributed by atoms with Crippen molar-refractivity contribution in [3.05, 3.63) is 23.8 Å². The largest absolute Gasteiger partial charge is 0.495 e. The molecule has 1 rings (SSSR count). The minimum Gasteiger partial charge on any atom is -0.495 e. The maximum Gasteiger partial charge on any atom is 0.251 e. The molecule has 0 spiro atoms. The van der Waals surface area contributed by atoms with Gasteiger partial charge in [-0.2, -0.15) is 0 Å². The molecule has 1 unspecified atom stereocenters. The summed E-state index contributed by atoms with van der Waals surface area (Å²) in [5.41, 5.74) is 6.54. The predicted octanol–water partition coefficient (Wildman–Crippen LogP) is 1.12. The van der Waals surface area contributed by atoms with Gasteiger partial charge in [0.1, 0.15) is 5.75 Å². The van der Waals surface area contributed by atoms with E-state index in [4.69, 9.17) is 10.5 Å².